The third-order valence-corrected chi connectivity index (χ3v) is 6.15. The Labute approximate surface area is 152 Å². The molecule has 5 heteroatoms. The van der Waals surface area contributed by atoms with E-state index in [1.807, 2.05) is 6.20 Å². The molecule has 5 rings (SSSR count). The highest BCUT2D eigenvalue weighted by atomic mass is 16.3. The second-order valence-electron chi connectivity index (χ2n) is 7.68. The number of aromatic nitrogens is 3. The predicted octanol–water partition coefficient (Wildman–Crippen LogP) is 2.76. The molecule has 2 N–H and O–H groups in total. The molecular weight excluding hydrogens is 326 g/mol. The van der Waals surface area contributed by atoms with Crippen LogP contribution in [-0.2, 0) is 12.8 Å². The minimum atomic E-state index is -0.645. The summed E-state index contributed by atoms with van der Waals surface area (Å²) >= 11 is 0. The van der Waals surface area contributed by atoms with Crippen LogP contribution in [0.2, 0.25) is 0 Å². The van der Waals surface area contributed by atoms with Crippen molar-refractivity contribution in [3.8, 4) is 0 Å². The van der Waals surface area contributed by atoms with E-state index in [4.69, 9.17) is 0 Å². The Morgan fingerprint density at radius 3 is 2.69 bits per heavy atom. The Morgan fingerprint density at radius 1 is 1.04 bits per heavy atom. The standard InChI is InChI=1S/C21H23N3O2/c25-19-10-15(11-20(19)26)24-8-7-17-18(22-12-23-21(17)24)9-14-6-5-13-3-1-2-4-16(13)14/h1-4,7-8,12,14-15,19-20,25-26H,5-6,9-11H2/t14-,15?,19-,20+/m1/s1. The van der Waals surface area contributed by atoms with E-state index in [2.05, 4.69) is 44.9 Å². The summed E-state index contributed by atoms with van der Waals surface area (Å²) in [5.74, 6) is 0.516. The molecule has 0 saturated heterocycles. The van der Waals surface area contributed by atoms with Crippen molar-refractivity contribution < 1.29 is 10.2 Å². The number of aliphatic hydroxyl groups excluding tert-OH is 2. The molecule has 0 bridgehead atoms. The van der Waals surface area contributed by atoms with Crippen molar-refractivity contribution in [2.24, 2.45) is 0 Å². The van der Waals surface area contributed by atoms with Crippen molar-refractivity contribution in [2.45, 2.75) is 56.3 Å². The second-order valence-corrected chi connectivity index (χ2v) is 7.68. The molecule has 0 radical (unpaired) electrons. The van der Waals surface area contributed by atoms with Crippen LogP contribution in [0.3, 0.4) is 0 Å². The Hall–Kier alpha value is -2.24. The number of aryl methyl sites for hydroxylation is 1. The van der Waals surface area contributed by atoms with E-state index in [1.54, 1.807) is 6.33 Å². The number of fused-ring (bicyclic) bond motifs is 2. The molecule has 0 spiro atoms. The molecule has 0 amide bonds. The molecule has 1 unspecified atom stereocenters. The molecule has 3 aromatic rings. The highest BCUT2D eigenvalue weighted by molar-refractivity contribution is 5.78. The number of aliphatic hydroxyl groups is 2. The van der Waals surface area contributed by atoms with Gasteiger partial charge in [-0.2, -0.15) is 0 Å². The van der Waals surface area contributed by atoms with Crippen LogP contribution in [0, 0.1) is 0 Å². The van der Waals surface area contributed by atoms with Crippen LogP contribution < -0.4 is 0 Å². The number of hydrogen-bond donors (Lipinski definition) is 2. The van der Waals surface area contributed by atoms with Crippen molar-refractivity contribution >= 4 is 11.0 Å². The van der Waals surface area contributed by atoms with E-state index in [-0.39, 0.29) is 6.04 Å². The Morgan fingerprint density at radius 2 is 1.85 bits per heavy atom. The lowest BCUT2D eigenvalue weighted by atomic mass is 9.95. The van der Waals surface area contributed by atoms with Gasteiger partial charge in [0, 0.05) is 17.6 Å². The highest BCUT2D eigenvalue weighted by Gasteiger charge is 2.33. The van der Waals surface area contributed by atoms with Crippen LogP contribution in [0.1, 0.15) is 48.0 Å². The summed E-state index contributed by atoms with van der Waals surface area (Å²) < 4.78 is 2.10. The third-order valence-electron chi connectivity index (χ3n) is 6.15. The minimum absolute atomic E-state index is 0.0902. The van der Waals surface area contributed by atoms with Crippen LogP contribution in [-0.4, -0.2) is 37.0 Å². The summed E-state index contributed by atoms with van der Waals surface area (Å²) in [6, 6.07) is 10.9. The lowest BCUT2D eigenvalue weighted by Gasteiger charge is -2.14. The lowest BCUT2D eigenvalue weighted by molar-refractivity contribution is 0.0438. The van der Waals surface area contributed by atoms with Gasteiger partial charge < -0.3 is 14.8 Å². The van der Waals surface area contributed by atoms with E-state index in [0.29, 0.717) is 18.8 Å². The van der Waals surface area contributed by atoms with Crippen molar-refractivity contribution in [1.29, 1.82) is 0 Å². The fourth-order valence-electron chi connectivity index (χ4n) is 4.77. The number of rotatable bonds is 3. The van der Waals surface area contributed by atoms with Crippen LogP contribution >= 0.6 is 0 Å². The number of hydrogen-bond acceptors (Lipinski definition) is 4. The summed E-state index contributed by atoms with van der Waals surface area (Å²) in [5.41, 5.74) is 4.93. The van der Waals surface area contributed by atoms with E-state index in [0.717, 1.165) is 29.6 Å². The van der Waals surface area contributed by atoms with E-state index >= 15 is 0 Å². The van der Waals surface area contributed by atoms with Crippen molar-refractivity contribution in [1.82, 2.24) is 14.5 Å². The topological polar surface area (TPSA) is 71.2 Å². The largest absolute Gasteiger partial charge is 0.390 e. The molecule has 26 heavy (non-hydrogen) atoms. The van der Waals surface area contributed by atoms with Gasteiger partial charge in [-0.3, -0.25) is 0 Å². The van der Waals surface area contributed by atoms with Crippen molar-refractivity contribution in [3.05, 3.63) is 59.7 Å². The quantitative estimate of drug-likeness (QED) is 0.763. The second kappa shape index (κ2) is 6.18. The Kier molecular flexibility index (Phi) is 3.80. The maximum Gasteiger partial charge on any atom is 0.143 e. The zero-order valence-corrected chi connectivity index (χ0v) is 14.6. The first-order valence-corrected chi connectivity index (χ1v) is 9.45. The molecular formula is C21H23N3O2. The van der Waals surface area contributed by atoms with Crippen molar-refractivity contribution in [2.75, 3.05) is 0 Å². The fraction of sp³-hybridized carbons (Fsp3) is 0.429. The molecule has 1 fully saturated rings. The maximum absolute atomic E-state index is 9.88. The van der Waals surface area contributed by atoms with E-state index in [1.165, 1.54) is 17.5 Å². The van der Waals surface area contributed by atoms with E-state index < -0.39 is 12.2 Å². The van der Waals surface area contributed by atoms with Gasteiger partial charge in [-0.25, -0.2) is 9.97 Å². The van der Waals surface area contributed by atoms with Gasteiger partial charge in [-0.05, 0) is 55.2 Å². The van der Waals surface area contributed by atoms with Gasteiger partial charge >= 0.3 is 0 Å². The Bertz CT molecular complexity index is 941. The predicted molar refractivity (Wildman–Crippen MR) is 99.0 cm³/mol. The Balaban J connectivity index is 1.47. The van der Waals surface area contributed by atoms with Gasteiger partial charge in [-0.15, -0.1) is 0 Å². The molecule has 2 heterocycles. The number of benzene rings is 1. The first kappa shape index (κ1) is 16.0. The molecule has 134 valence electrons. The van der Waals surface area contributed by atoms with E-state index in [9.17, 15) is 10.2 Å². The molecule has 5 nitrogen and oxygen atoms in total. The first-order valence-electron chi connectivity index (χ1n) is 9.45. The molecule has 2 aromatic heterocycles. The van der Waals surface area contributed by atoms with Gasteiger partial charge in [-0.1, -0.05) is 24.3 Å². The van der Waals surface area contributed by atoms with Gasteiger partial charge in [0.05, 0.1) is 17.9 Å². The molecule has 1 saturated carbocycles. The SMILES string of the molecule is O[C@@H]1CC(n2ccc3c(C[C@H]4CCc5ccccc54)ncnc32)C[C@@H]1O. The lowest BCUT2D eigenvalue weighted by Crippen LogP contribution is -2.17. The van der Waals surface area contributed by atoms with Gasteiger partial charge in [0.25, 0.3) is 0 Å². The van der Waals surface area contributed by atoms with Gasteiger partial charge in [0.1, 0.15) is 12.0 Å². The first-order chi connectivity index (χ1) is 12.7. The zero-order chi connectivity index (χ0) is 17.7. The highest BCUT2D eigenvalue weighted by Crippen LogP contribution is 2.37. The fourth-order valence-corrected chi connectivity index (χ4v) is 4.77. The normalized spacial score (nSPS) is 27.9. The number of nitrogens with zero attached hydrogens (tertiary/aromatic N) is 3. The average molecular weight is 349 g/mol. The summed E-state index contributed by atoms with van der Waals surface area (Å²) in [5, 5.41) is 20.9. The van der Waals surface area contributed by atoms with Crippen molar-refractivity contribution in [3.63, 3.8) is 0 Å². The molecule has 0 aliphatic heterocycles. The summed E-state index contributed by atoms with van der Waals surface area (Å²) in [4.78, 5) is 9.09. The van der Waals surface area contributed by atoms with Crippen LogP contribution in [0.5, 0.6) is 0 Å². The third kappa shape index (κ3) is 2.54. The molecule has 2 aliphatic carbocycles. The molecule has 1 aromatic carbocycles. The maximum atomic E-state index is 9.88. The summed E-state index contributed by atoms with van der Waals surface area (Å²) in [6.07, 6.45) is 6.77. The summed E-state index contributed by atoms with van der Waals surface area (Å²) in [6.45, 7) is 0. The zero-order valence-electron chi connectivity index (χ0n) is 14.6. The van der Waals surface area contributed by atoms with Gasteiger partial charge in [0.2, 0.25) is 0 Å². The summed E-state index contributed by atoms with van der Waals surface area (Å²) in [7, 11) is 0. The smallest absolute Gasteiger partial charge is 0.143 e. The van der Waals surface area contributed by atoms with Crippen LogP contribution in [0.25, 0.3) is 11.0 Å². The minimum Gasteiger partial charge on any atom is -0.390 e. The average Bonchev–Trinajstić information content (AvgIpc) is 3.34. The van der Waals surface area contributed by atoms with Gasteiger partial charge in [0.15, 0.2) is 0 Å². The van der Waals surface area contributed by atoms with Crippen LogP contribution in [0.15, 0.2) is 42.9 Å². The molecule has 2 aliphatic rings. The monoisotopic (exact) mass is 349 g/mol. The van der Waals surface area contributed by atoms with Crippen LogP contribution in [0.4, 0.5) is 0 Å². The molecule has 4 atom stereocenters.